The van der Waals surface area contributed by atoms with Crippen molar-refractivity contribution in [3.05, 3.63) is 42.1 Å². The Labute approximate surface area is 172 Å². The molecule has 1 fully saturated rings. The standard InChI is InChI=1S/C18H28N6O.HI/c1-19-18(20-8-7-15-12-22-23(2)14-15)21-13-16(17-6-5-11-25-17)24-9-3-4-10-24;/h5-6,11-12,14,16H,3-4,7-10,13H2,1-2H3,(H2,19,20,21);1H. The van der Waals surface area contributed by atoms with E-state index in [-0.39, 0.29) is 30.0 Å². The van der Waals surface area contributed by atoms with E-state index in [0.29, 0.717) is 0 Å². The van der Waals surface area contributed by atoms with Crippen LogP contribution in [0.5, 0.6) is 0 Å². The quantitative estimate of drug-likeness (QED) is 0.367. The highest BCUT2D eigenvalue weighted by Crippen LogP contribution is 2.24. The molecule has 3 heterocycles. The Balaban J connectivity index is 0.00000243. The topological polar surface area (TPSA) is 70.6 Å². The van der Waals surface area contributed by atoms with Gasteiger partial charge in [0.25, 0.3) is 0 Å². The van der Waals surface area contributed by atoms with Gasteiger partial charge in [-0.3, -0.25) is 14.6 Å². The van der Waals surface area contributed by atoms with Gasteiger partial charge in [0.15, 0.2) is 5.96 Å². The number of aliphatic imine (C=N–C) groups is 1. The summed E-state index contributed by atoms with van der Waals surface area (Å²) in [6.07, 6.45) is 9.13. The number of halogens is 1. The maximum Gasteiger partial charge on any atom is 0.191 e. The molecule has 2 aromatic heterocycles. The van der Waals surface area contributed by atoms with Crippen LogP contribution in [0.1, 0.15) is 30.2 Å². The number of nitrogens with one attached hydrogen (secondary N) is 2. The van der Waals surface area contributed by atoms with Crippen molar-refractivity contribution in [1.82, 2.24) is 25.3 Å². The number of nitrogens with zero attached hydrogens (tertiary/aromatic N) is 4. The molecular weight excluding hydrogens is 443 g/mol. The summed E-state index contributed by atoms with van der Waals surface area (Å²) in [7, 11) is 3.74. The van der Waals surface area contributed by atoms with Crippen LogP contribution in [0.3, 0.4) is 0 Å². The van der Waals surface area contributed by atoms with E-state index in [1.54, 1.807) is 13.3 Å². The highest BCUT2D eigenvalue weighted by molar-refractivity contribution is 14.0. The third-order valence-corrected chi connectivity index (χ3v) is 4.60. The molecular formula is C18H29IN6O. The number of furan rings is 1. The van der Waals surface area contributed by atoms with Gasteiger partial charge in [-0.2, -0.15) is 5.10 Å². The first kappa shape index (κ1) is 20.8. The Bertz CT molecular complexity index is 663. The largest absolute Gasteiger partial charge is 0.468 e. The summed E-state index contributed by atoms with van der Waals surface area (Å²) >= 11 is 0. The van der Waals surface area contributed by atoms with E-state index in [9.17, 15) is 0 Å². The zero-order chi connectivity index (χ0) is 17.5. The predicted molar refractivity (Wildman–Crippen MR) is 114 cm³/mol. The smallest absolute Gasteiger partial charge is 0.191 e. The first-order chi connectivity index (χ1) is 12.3. The molecule has 0 bridgehead atoms. The molecule has 1 unspecified atom stereocenters. The van der Waals surface area contributed by atoms with E-state index < -0.39 is 0 Å². The van der Waals surface area contributed by atoms with Crippen molar-refractivity contribution in [3.8, 4) is 0 Å². The minimum atomic E-state index is 0. The lowest BCUT2D eigenvalue weighted by atomic mass is 10.2. The second kappa shape index (κ2) is 10.6. The van der Waals surface area contributed by atoms with Gasteiger partial charge in [0.1, 0.15) is 5.76 Å². The average Bonchev–Trinajstić information content (AvgIpc) is 3.37. The average molecular weight is 472 g/mol. The van der Waals surface area contributed by atoms with Crippen LogP contribution in [0, 0.1) is 0 Å². The fourth-order valence-electron chi connectivity index (χ4n) is 3.28. The minimum Gasteiger partial charge on any atom is -0.468 e. The van der Waals surface area contributed by atoms with Crippen LogP contribution in [0.25, 0.3) is 0 Å². The monoisotopic (exact) mass is 472 g/mol. The molecule has 0 aromatic carbocycles. The number of likely N-dealkylation sites (tertiary alicyclic amines) is 1. The molecule has 1 aliphatic rings. The number of aryl methyl sites for hydroxylation is 1. The maximum absolute atomic E-state index is 5.66. The van der Waals surface area contributed by atoms with Crippen LogP contribution in [0.15, 0.2) is 40.2 Å². The lowest BCUT2D eigenvalue weighted by molar-refractivity contribution is 0.215. The van der Waals surface area contributed by atoms with Crippen LogP contribution < -0.4 is 10.6 Å². The lowest BCUT2D eigenvalue weighted by Crippen LogP contribution is -2.43. The Morgan fingerprint density at radius 2 is 2.15 bits per heavy atom. The summed E-state index contributed by atoms with van der Waals surface area (Å²) < 4.78 is 7.49. The molecule has 144 valence electrons. The molecule has 1 aliphatic heterocycles. The second-order valence-electron chi connectivity index (χ2n) is 6.43. The number of guanidine groups is 1. The van der Waals surface area contributed by atoms with Crippen LogP contribution in [0.4, 0.5) is 0 Å². The summed E-state index contributed by atoms with van der Waals surface area (Å²) in [4.78, 5) is 6.81. The zero-order valence-electron chi connectivity index (χ0n) is 15.5. The third-order valence-electron chi connectivity index (χ3n) is 4.60. The van der Waals surface area contributed by atoms with Crippen LogP contribution in [-0.4, -0.2) is 53.9 Å². The van der Waals surface area contributed by atoms with Gasteiger partial charge in [0.05, 0.1) is 18.5 Å². The van der Waals surface area contributed by atoms with Crippen molar-refractivity contribution in [1.29, 1.82) is 0 Å². The van der Waals surface area contributed by atoms with Gasteiger partial charge in [0, 0.05) is 33.4 Å². The van der Waals surface area contributed by atoms with Gasteiger partial charge < -0.3 is 15.1 Å². The van der Waals surface area contributed by atoms with Crippen molar-refractivity contribution >= 4 is 29.9 Å². The minimum absolute atomic E-state index is 0. The summed E-state index contributed by atoms with van der Waals surface area (Å²) in [5, 5.41) is 11.0. The molecule has 0 saturated carbocycles. The Morgan fingerprint density at radius 3 is 2.77 bits per heavy atom. The molecule has 2 aromatic rings. The second-order valence-corrected chi connectivity index (χ2v) is 6.43. The van der Waals surface area contributed by atoms with E-state index >= 15 is 0 Å². The highest BCUT2D eigenvalue weighted by atomic mass is 127. The SMILES string of the molecule is CN=C(NCCc1cnn(C)c1)NCC(c1ccco1)N1CCCC1.I. The summed E-state index contributed by atoms with van der Waals surface area (Å²) in [5.41, 5.74) is 1.22. The highest BCUT2D eigenvalue weighted by Gasteiger charge is 2.25. The van der Waals surface area contributed by atoms with E-state index in [2.05, 4.69) is 31.7 Å². The molecule has 0 aliphatic carbocycles. The van der Waals surface area contributed by atoms with Gasteiger partial charge in [-0.15, -0.1) is 24.0 Å². The molecule has 3 rings (SSSR count). The van der Waals surface area contributed by atoms with Crippen molar-refractivity contribution < 1.29 is 4.42 Å². The molecule has 1 atom stereocenters. The molecule has 26 heavy (non-hydrogen) atoms. The maximum atomic E-state index is 5.66. The molecule has 0 amide bonds. The predicted octanol–water partition coefficient (Wildman–Crippen LogP) is 2.18. The van der Waals surface area contributed by atoms with Crippen LogP contribution in [0.2, 0.25) is 0 Å². The fourth-order valence-corrected chi connectivity index (χ4v) is 3.28. The number of rotatable bonds is 7. The van der Waals surface area contributed by atoms with E-state index in [1.807, 2.05) is 30.2 Å². The third kappa shape index (κ3) is 5.73. The van der Waals surface area contributed by atoms with Crippen molar-refractivity contribution in [2.24, 2.45) is 12.0 Å². The molecule has 2 N–H and O–H groups in total. The van der Waals surface area contributed by atoms with Crippen molar-refractivity contribution in [2.75, 3.05) is 33.2 Å². The van der Waals surface area contributed by atoms with Gasteiger partial charge in [-0.25, -0.2) is 0 Å². The fraction of sp³-hybridized carbons (Fsp3) is 0.556. The van der Waals surface area contributed by atoms with Gasteiger partial charge in [-0.05, 0) is 50.0 Å². The molecule has 8 heteroatoms. The first-order valence-corrected chi connectivity index (χ1v) is 8.96. The van der Waals surface area contributed by atoms with E-state index in [0.717, 1.165) is 44.3 Å². The number of aromatic nitrogens is 2. The lowest BCUT2D eigenvalue weighted by Gasteiger charge is -2.26. The Morgan fingerprint density at radius 1 is 1.35 bits per heavy atom. The first-order valence-electron chi connectivity index (χ1n) is 8.96. The normalized spacial score (nSPS) is 16.3. The van der Waals surface area contributed by atoms with Gasteiger partial charge >= 0.3 is 0 Å². The van der Waals surface area contributed by atoms with Crippen LogP contribution in [-0.2, 0) is 13.5 Å². The van der Waals surface area contributed by atoms with Gasteiger partial charge in [0.2, 0.25) is 0 Å². The number of hydrogen-bond acceptors (Lipinski definition) is 4. The Kier molecular flexibility index (Phi) is 8.43. The van der Waals surface area contributed by atoms with Crippen molar-refractivity contribution in [3.63, 3.8) is 0 Å². The van der Waals surface area contributed by atoms with Crippen molar-refractivity contribution in [2.45, 2.75) is 25.3 Å². The van der Waals surface area contributed by atoms with E-state index in [4.69, 9.17) is 4.42 Å². The zero-order valence-corrected chi connectivity index (χ0v) is 17.8. The molecule has 0 spiro atoms. The summed E-state index contributed by atoms with van der Waals surface area (Å²) in [5.74, 6) is 1.83. The van der Waals surface area contributed by atoms with Crippen LogP contribution >= 0.6 is 24.0 Å². The molecule has 0 radical (unpaired) electrons. The van der Waals surface area contributed by atoms with Gasteiger partial charge in [-0.1, -0.05) is 0 Å². The molecule has 1 saturated heterocycles. The number of hydrogen-bond donors (Lipinski definition) is 2. The molecule has 7 nitrogen and oxygen atoms in total. The summed E-state index contributed by atoms with van der Waals surface area (Å²) in [6.45, 7) is 3.85. The van der Waals surface area contributed by atoms with E-state index in [1.165, 1.54) is 18.4 Å². The summed E-state index contributed by atoms with van der Waals surface area (Å²) in [6, 6.07) is 4.26. The Hall–Kier alpha value is -1.55.